The minimum atomic E-state index is -0.838. The predicted molar refractivity (Wildman–Crippen MR) is 57.0 cm³/mol. The normalized spacial score (nSPS) is 12.7. The van der Waals surface area contributed by atoms with Gasteiger partial charge in [0, 0.05) is 12.7 Å². The minimum absolute atomic E-state index is 0.487. The van der Waals surface area contributed by atoms with Gasteiger partial charge < -0.3 is 10.4 Å². The molecule has 2 N–H and O–H groups in total. The Hall–Kier alpha value is -1.07. The number of nitrogens with zero attached hydrogens (tertiary/aromatic N) is 2. The zero-order valence-corrected chi connectivity index (χ0v) is 9.24. The van der Waals surface area contributed by atoms with Gasteiger partial charge in [-0.1, -0.05) is 18.5 Å². The van der Waals surface area contributed by atoms with Crippen molar-refractivity contribution in [3.05, 3.63) is 17.4 Å². The molecule has 1 heterocycles. The Kier molecular flexibility index (Phi) is 4.58. The first-order valence-electron chi connectivity index (χ1n) is 4.77. The second-order valence-corrected chi connectivity index (χ2v) is 3.60. The minimum Gasteiger partial charge on any atom is -0.480 e. The molecule has 1 rings (SSSR count). The average Bonchev–Trinajstić information content (AvgIpc) is 2.58. The van der Waals surface area contributed by atoms with Gasteiger partial charge >= 0.3 is 5.97 Å². The first-order valence-corrected chi connectivity index (χ1v) is 5.15. The molecule has 0 aliphatic rings. The van der Waals surface area contributed by atoms with Crippen LogP contribution in [0.25, 0.3) is 0 Å². The molecule has 1 aromatic heterocycles. The number of aryl methyl sites for hydroxylation is 1. The van der Waals surface area contributed by atoms with Crippen LogP contribution in [0.15, 0.2) is 12.4 Å². The number of aliphatic carboxylic acids is 1. The molecule has 0 aromatic carbocycles. The molecule has 0 saturated carbocycles. The fourth-order valence-corrected chi connectivity index (χ4v) is 1.44. The van der Waals surface area contributed by atoms with E-state index in [0.717, 1.165) is 0 Å². The molecule has 5 nitrogen and oxygen atoms in total. The molecule has 0 aliphatic heterocycles. The van der Waals surface area contributed by atoms with Crippen molar-refractivity contribution in [1.82, 2.24) is 15.1 Å². The first-order chi connectivity index (χ1) is 7.13. The third-order valence-electron chi connectivity index (χ3n) is 2.00. The van der Waals surface area contributed by atoms with Crippen molar-refractivity contribution in [3.63, 3.8) is 0 Å². The van der Waals surface area contributed by atoms with Gasteiger partial charge in [0.25, 0.3) is 0 Å². The highest BCUT2D eigenvalue weighted by Crippen LogP contribution is 2.05. The quantitative estimate of drug-likeness (QED) is 0.766. The maximum absolute atomic E-state index is 10.8. The maximum atomic E-state index is 10.8. The van der Waals surface area contributed by atoms with Crippen LogP contribution in [-0.4, -0.2) is 33.4 Å². The average molecular weight is 232 g/mol. The molecule has 0 bridgehead atoms. The van der Waals surface area contributed by atoms with E-state index in [-0.39, 0.29) is 0 Å². The SMILES string of the molecule is CCNC(CCn1cc(Cl)cn1)C(=O)O. The van der Waals surface area contributed by atoms with E-state index in [0.29, 0.717) is 24.5 Å². The van der Waals surface area contributed by atoms with Crippen molar-refractivity contribution in [1.29, 1.82) is 0 Å². The van der Waals surface area contributed by atoms with Gasteiger partial charge in [0.05, 0.1) is 11.2 Å². The monoisotopic (exact) mass is 231 g/mol. The molecule has 1 unspecified atom stereocenters. The summed E-state index contributed by atoms with van der Waals surface area (Å²) in [5.74, 6) is -0.838. The summed E-state index contributed by atoms with van der Waals surface area (Å²) in [6.45, 7) is 3.05. The molecular formula is C9H14ClN3O2. The molecule has 84 valence electrons. The van der Waals surface area contributed by atoms with E-state index >= 15 is 0 Å². The van der Waals surface area contributed by atoms with E-state index in [2.05, 4.69) is 10.4 Å². The number of nitrogens with one attached hydrogen (secondary N) is 1. The van der Waals surface area contributed by atoms with Crippen molar-refractivity contribution >= 4 is 17.6 Å². The van der Waals surface area contributed by atoms with E-state index in [1.54, 1.807) is 10.9 Å². The summed E-state index contributed by atoms with van der Waals surface area (Å²) in [6, 6.07) is -0.530. The van der Waals surface area contributed by atoms with Gasteiger partial charge in [-0.05, 0) is 13.0 Å². The number of carbonyl (C=O) groups is 1. The fraction of sp³-hybridized carbons (Fsp3) is 0.556. The number of likely N-dealkylation sites (N-methyl/N-ethyl adjacent to an activating group) is 1. The summed E-state index contributed by atoms with van der Waals surface area (Å²) in [4.78, 5) is 10.8. The van der Waals surface area contributed by atoms with Crippen LogP contribution in [0.5, 0.6) is 0 Å². The van der Waals surface area contributed by atoms with E-state index in [9.17, 15) is 4.79 Å². The number of rotatable bonds is 6. The Balaban J connectivity index is 2.43. The summed E-state index contributed by atoms with van der Waals surface area (Å²) in [6.07, 6.45) is 3.69. The number of hydrogen-bond acceptors (Lipinski definition) is 3. The lowest BCUT2D eigenvalue weighted by molar-refractivity contribution is -0.139. The van der Waals surface area contributed by atoms with Crippen LogP contribution in [0.2, 0.25) is 5.02 Å². The van der Waals surface area contributed by atoms with Crippen LogP contribution in [0.4, 0.5) is 0 Å². The Morgan fingerprint density at radius 2 is 2.53 bits per heavy atom. The molecule has 15 heavy (non-hydrogen) atoms. The molecule has 0 radical (unpaired) electrons. The van der Waals surface area contributed by atoms with Crippen LogP contribution >= 0.6 is 11.6 Å². The molecule has 0 aliphatic carbocycles. The topological polar surface area (TPSA) is 67.2 Å². The van der Waals surface area contributed by atoms with Crippen LogP contribution < -0.4 is 5.32 Å². The van der Waals surface area contributed by atoms with Gasteiger partial charge in [-0.15, -0.1) is 0 Å². The molecule has 0 fully saturated rings. The number of aromatic nitrogens is 2. The summed E-state index contributed by atoms with van der Waals surface area (Å²) >= 11 is 5.68. The van der Waals surface area contributed by atoms with Crippen molar-refractivity contribution < 1.29 is 9.90 Å². The van der Waals surface area contributed by atoms with E-state index < -0.39 is 12.0 Å². The maximum Gasteiger partial charge on any atom is 0.320 e. The third-order valence-corrected chi connectivity index (χ3v) is 2.19. The molecule has 0 spiro atoms. The molecular weight excluding hydrogens is 218 g/mol. The van der Waals surface area contributed by atoms with E-state index in [1.807, 2.05) is 6.92 Å². The van der Waals surface area contributed by atoms with Gasteiger partial charge in [-0.2, -0.15) is 5.10 Å². The second kappa shape index (κ2) is 5.72. The van der Waals surface area contributed by atoms with Gasteiger partial charge in [0.1, 0.15) is 6.04 Å². The van der Waals surface area contributed by atoms with Crippen LogP contribution in [0.3, 0.4) is 0 Å². The fourth-order valence-electron chi connectivity index (χ4n) is 1.28. The summed E-state index contributed by atoms with van der Waals surface area (Å²) < 4.78 is 1.63. The second-order valence-electron chi connectivity index (χ2n) is 3.16. The standard InChI is InChI=1S/C9H14ClN3O2/c1-2-11-8(9(14)15)3-4-13-6-7(10)5-12-13/h5-6,8,11H,2-4H2,1H3,(H,14,15). The van der Waals surface area contributed by atoms with Crippen LogP contribution in [-0.2, 0) is 11.3 Å². The van der Waals surface area contributed by atoms with Gasteiger partial charge in [0.15, 0.2) is 0 Å². The highest BCUT2D eigenvalue weighted by molar-refractivity contribution is 6.30. The van der Waals surface area contributed by atoms with Crippen molar-refractivity contribution in [2.24, 2.45) is 0 Å². The Bertz CT molecular complexity index is 327. The zero-order valence-electron chi connectivity index (χ0n) is 8.48. The molecule has 1 atom stereocenters. The summed E-state index contributed by atoms with van der Waals surface area (Å²) in [7, 11) is 0. The number of carboxylic acid groups (broad SMARTS) is 1. The van der Waals surface area contributed by atoms with Crippen molar-refractivity contribution in [2.75, 3.05) is 6.54 Å². The lowest BCUT2D eigenvalue weighted by Crippen LogP contribution is -2.37. The smallest absolute Gasteiger partial charge is 0.320 e. The van der Waals surface area contributed by atoms with Crippen molar-refractivity contribution in [2.45, 2.75) is 25.9 Å². The molecule has 0 saturated heterocycles. The Labute approximate surface area is 93.0 Å². The van der Waals surface area contributed by atoms with Gasteiger partial charge in [-0.25, -0.2) is 0 Å². The predicted octanol–water partition coefficient (Wildman–Crippen LogP) is 0.989. The van der Waals surface area contributed by atoms with Crippen molar-refractivity contribution in [3.8, 4) is 0 Å². The molecule has 1 aromatic rings. The number of carboxylic acids is 1. The lowest BCUT2D eigenvalue weighted by Gasteiger charge is -2.12. The van der Waals surface area contributed by atoms with Gasteiger partial charge in [-0.3, -0.25) is 9.48 Å². The van der Waals surface area contributed by atoms with E-state index in [4.69, 9.17) is 16.7 Å². The first kappa shape index (κ1) is 12.0. The Morgan fingerprint density at radius 1 is 1.80 bits per heavy atom. The highest BCUT2D eigenvalue weighted by atomic mass is 35.5. The Morgan fingerprint density at radius 3 is 3.00 bits per heavy atom. The number of halogens is 1. The van der Waals surface area contributed by atoms with Crippen LogP contribution in [0.1, 0.15) is 13.3 Å². The zero-order chi connectivity index (χ0) is 11.3. The summed E-state index contributed by atoms with van der Waals surface area (Å²) in [5, 5.41) is 16.3. The van der Waals surface area contributed by atoms with Crippen LogP contribution in [0, 0.1) is 0 Å². The highest BCUT2D eigenvalue weighted by Gasteiger charge is 2.15. The van der Waals surface area contributed by atoms with Gasteiger partial charge in [0.2, 0.25) is 0 Å². The molecule has 6 heteroatoms. The molecule has 0 amide bonds. The largest absolute Gasteiger partial charge is 0.480 e. The summed E-state index contributed by atoms with van der Waals surface area (Å²) in [5.41, 5.74) is 0. The lowest BCUT2D eigenvalue weighted by atomic mass is 10.2. The number of hydrogen-bond donors (Lipinski definition) is 2. The third kappa shape index (κ3) is 3.89. The van der Waals surface area contributed by atoms with E-state index in [1.165, 1.54) is 6.20 Å².